The van der Waals surface area contributed by atoms with Gasteiger partial charge in [0.1, 0.15) is 5.82 Å². The summed E-state index contributed by atoms with van der Waals surface area (Å²) in [6.07, 6.45) is 4.12. The molecule has 2 N–H and O–H groups in total. The minimum Gasteiger partial charge on any atom is -0.370 e. The lowest BCUT2D eigenvalue weighted by Crippen LogP contribution is -2.24. The maximum absolute atomic E-state index is 12.7. The molecule has 0 spiro atoms. The van der Waals surface area contributed by atoms with Gasteiger partial charge in [-0.15, -0.1) is 0 Å². The zero-order chi connectivity index (χ0) is 18.1. The number of nitrogens with one attached hydrogen (secondary N) is 2. The van der Waals surface area contributed by atoms with Gasteiger partial charge in [0.2, 0.25) is 0 Å². The Morgan fingerprint density at radius 1 is 1.12 bits per heavy atom. The number of ketones is 1. The molecular weight excluding hydrogens is 328 g/mol. The number of carbonyl (C=O) groups is 2. The van der Waals surface area contributed by atoms with Gasteiger partial charge >= 0.3 is 0 Å². The molecule has 1 fully saturated rings. The number of Topliss-reactive ketones (excluding diaryl/α,β-unsaturated/α-hetero) is 1. The molecule has 132 valence electrons. The van der Waals surface area contributed by atoms with Crippen molar-refractivity contribution >= 4 is 34.1 Å². The van der Waals surface area contributed by atoms with Gasteiger partial charge in [-0.25, -0.2) is 4.98 Å². The smallest absolute Gasteiger partial charge is 0.298 e. The lowest BCUT2D eigenvalue weighted by atomic mass is 10.1. The Kier molecular flexibility index (Phi) is 4.16. The van der Waals surface area contributed by atoms with E-state index in [0.29, 0.717) is 17.1 Å². The predicted octanol–water partition coefficient (Wildman–Crippen LogP) is 3.29. The minimum atomic E-state index is -0.681. The van der Waals surface area contributed by atoms with Crippen LogP contribution in [0.15, 0.2) is 42.6 Å². The van der Waals surface area contributed by atoms with Gasteiger partial charge in [-0.3, -0.25) is 9.59 Å². The van der Waals surface area contributed by atoms with E-state index in [9.17, 15) is 9.59 Å². The molecular formula is C20H20N4O2. The van der Waals surface area contributed by atoms with E-state index in [0.717, 1.165) is 29.7 Å². The summed E-state index contributed by atoms with van der Waals surface area (Å²) in [5.41, 5.74) is 2.98. The minimum absolute atomic E-state index is 0.379. The molecule has 1 aliphatic rings. The van der Waals surface area contributed by atoms with E-state index in [4.69, 9.17) is 0 Å². The molecule has 0 bridgehead atoms. The number of hydrogen-bond donors (Lipinski definition) is 2. The number of pyridine rings is 1. The standard InChI is InChI=1S/C20H20N4O2/c1-13-18(15-6-2-3-7-16(15)22-13)19(25)20(26)23-17-9-8-14(12-21-17)24-10-4-5-11-24/h2-3,6-9,12,22H,4-5,10-11H2,1H3,(H,21,23,26). The summed E-state index contributed by atoms with van der Waals surface area (Å²) in [7, 11) is 0. The highest BCUT2D eigenvalue weighted by molar-refractivity contribution is 6.48. The summed E-state index contributed by atoms with van der Waals surface area (Å²) in [5, 5.41) is 3.36. The third-order valence-corrected chi connectivity index (χ3v) is 4.79. The van der Waals surface area contributed by atoms with Gasteiger partial charge in [0.15, 0.2) is 0 Å². The normalized spacial score (nSPS) is 14.0. The third-order valence-electron chi connectivity index (χ3n) is 4.79. The van der Waals surface area contributed by atoms with Crippen molar-refractivity contribution in [3.05, 3.63) is 53.9 Å². The van der Waals surface area contributed by atoms with Crippen LogP contribution in [0, 0.1) is 6.92 Å². The van der Waals surface area contributed by atoms with Crippen LogP contribution in [0.5, 0.6) is 0 Å². The SMILES string of the molecule is Cc1[nH]c2ccccc2c1C(=O)C(=O)Nc1ccc(N2CCCC2)cn1. The van der Waals surface area contributed by atoms with Crippen molar-refractivity contribution in [3.8, 4) is 0 Å². The number of nitrogens with zero attached hydrogens (tertiary/aromatic N) is 2. The van der Waals surface area contributed by atoms with Crippen LogP contribution in [0.2, 0.25) is 0 Å². The fourth-order valence-corrected chi connectivity index (χ4v) is 3.48. The largest absolute Gasteiger partial charge is 0.370 e. The number of para-hydroxylation sites is 1. The maximum Gasteiger partial charge on any atom is 0.298 e. The first kappa shape index (κ1) is 16.3. The molecule has 3 aromatic rings. The lowest BCUT2D eigenvalue weighted by molar-refractivity contribution is -0.112. The third kappa shape index (κ3) is 2.94. The fourth-order valence-electron chi connectivity index (χ4n) is 3.48. The Morgan fingerprint density at radius 2 is 1.88 bits per heavy atom. The average molecular weight is 348 g/mol. The van der Waals surface area contributed by atoms with Crippen molar-refractivity contribution in [3.63, 3.8) is 0 Å². The van der Waals surface area contributed by atoms with Gasteiger partial charge < -0.3 is 15.2 Å². The average Bonchev–Trinajstić information content (AvgIpc) is 3.29. The molecule has 6 nitrogen and oxygen atoms in total. The van der Waals surface area contributed by atoms with Crippen LogP contribution in [0.1, 0.15) is 28.9 Å². The van der Waals surface area contributed by atoms with Gasteiger partial charge in [0.05, 0.1) is 17.4 Å². The van der Waals surface area contributed by atoms with Crippen LogP contribution in [-0.2, 0) is 4.79 Å². The topological polar surface area (TPSA) is 78.1 Å². The number of benzene rings is 1. The number of H-pyrrole nitrogens is 1. The monoisotopic (exact) mass is 348 g/mol. The van der Waals surface area contributed by atoms with Crippen molar-refractivity contribution in [2.75, 3.05) is 23.3 Å². The molecule has 1 saturated heterocycles. The molecule has 2 aromatic heterocycles. The quantitative estimate of drug-likeness (QED) is 0.560. The summed E-state index contributed by atoms with van der Waals surface area (Å²) in [6, 6.07) is 11.1. The molecule has 26 heavy (non-hydrogen) atoms. The molecule has 1 amide bonds. The molecule has 0 radical (unpaired) electrons. The van der Waals surface area contributed by atoms with Crippen LogP contribution in [0.4, 0.5) is 11.5 Å². The molecule has 0 aliphatic carbocycles. The van der Waals surface area contributed by atoms with E-state index in [2.05, 4.69) is 20.2 Å². The highest BCUT2D eigenvalue weighted by atomic mass is 16.2. The Labute approximate surface area is 151 Å². The lowest BCUT2D eigenvalue weighted by Gasteiger charge is -2.17. The Balaban J connectivity index is 1.52. The number of aromatic nitrogens is 2. The van der Waals surface area contributed by atoms with Gasteiger partial charge in [-0.1, -0.05) is 18.2 Å². The molecule has 3 heterocycles. The first-order valence-corrected chi connectivity index (χ1v) is 8.77. The number of aryl methyl sites for hydroxylation is 1. The van der Waals surface area contributed by atoms with Crippen molar-refractivity contribution in [1.82, 2.24) is 9.97 Å². The van der Waals surface area contributed by atoms with E-state index in [1.54, 1.807) is 19.2 Å². The first-order chi connectivity index (χ1) is 12.6. The molecule has 0 unspecified atom stereocenters. The second-order valence-electron chi connectivity index (χ2n) is 6.55. The second kappa shape index (κ2) is 6.63. The number of anilines is 2. The first-order valence-electron chi connectivity index (χ1n) is 8.77. The summed E-state index contributed by atoms with van der Waals surface area (Å²) in [6.45, 7) is 3.86. The van der Waals surface area contributed by atoms with Crippen molar-refractivity contribution < 1.29 is 9.59 Å². The molecule has 6 heteroatoms. The zero-order valence-corrected chi connectivity index (χ0v) is 14.6. The molecule has 4 rings (SSSR count). The highest BCUT2D eigenvalue weighted by Crippen LogP contribution is 2.23. The number of aromatic amines is 1. The highest BCUT2D eigenvalue weighted by Gasteiger charge is 2.23. The number of rotatable bonds is 4. The molecule has 1 aromatic carbocycles. The number of fused-ring (bicyclic) bond motifs is 1. The van der Waals surface area contributed by atoms with Crippen LogP contribution >= 0.6 is 0 Å². The van der Waals surface area contributed by atoms with Gasteiger partial charge in [-0.05, 0) is 38.0 Å². The van der Waals surface area contributed by atoms with Crippen LogP contribution < -0.4 is 10.2 Å². The number of carbonyl (C=O) groups excluding carboxylic acids is 2. The van der Waals surface area contributed by atoms with Crippen LogP contribution in [0.25, 0.3) is 10.9 Å². The van der Waals surface area contributed by atoms with Crippen LogP contribution in [0.3, 0.4) is 0 Å². The maximum atomic E-state index is 12.7. The van der Waals surface area contributed by atoms with Crippen molar-refractivity contribution in [1.29, 1.82) is 0 Å². The molecule has 1 aliphatic heterocycles. The Hall–Kier alpha value is -3.15. The number of hydrogen-bond acceptors (Lipinski definition) is 4. The molecule has 0 atom stereocenters. The van der Waals surface area contributed by atoms with Crippen molar-refractivity contribution in [2.24, 2.45) is 0 Å². The zero-order valence-electron chi connectivity index (χ0n) is 14.6. The Bertz CT molecular complexity index is 969. The molecule has 0 saturated carbocycles. The second-order valence-corrected chi connectivity index (χ2v) is 6.55. The van der Waals surface area contributed by atoms with E-state index < -0.39 is 11.7 Å². The summed E-state index contributed by atoms with van der Waals surface area (Å²) in [4.78, 5) is 34.8. The van der Waals surface area contributed by atoms with Gasteiger partial charge in [-0.2, -0.15) is 0 Å². The predicted molar refractivity (Wildman–Crippen MR) is 102 cm³/mol. The van der Waals surface area contributed by atoms with Crippen LogP contribution in [-0.4, -0.2) is 34.7 Å². The summed E-state index contributed by atoms with van der Waals surface area (Å²) < 4.78 is 0. The van der Waals surface area contributed by atoms with E-state index >= 15 is 0 Å². The van der Waals surface area contributed by atoms with Gasteiger partial charge in [0.25, 0.3) is 11.7 Å². The van der Waals surface area contributed by atoms with Crippen molar-refractivity contribution in [2.45, 2.75) is 19.8 Å². The summed E-state index contributed by atoms with van der Waals surface area (Å²) in [5.74, 6) is -0.867. The van der Waals surface area contributed by atoms with E-state index in [-0.39, 0.29) is 0 Å². The number of amides is 1. The van der Waals surface area contributed by atoms with E-state index in [1.165, 1.54) is 12.8 Å². The van der Waals surface area contributed by atoms with E-state index in [1.807, 2.05) is 30.3 Å². The van der Waals surface area contributed by atoms with Gasteiger partial charge in [0, 0.05) is 29.7 Å². The fraction of sp³-hybridized carbons (Fsp3) is 0.250. The summed E-state index contributed by atoms with van der Waals surface area (Å²) >= 11 is 0. The Morgan fingerprint density at radius 3 is 2.62 bits per heavy atom.